The number of nitrogens with zero attached hydrogens (tertiary/aromatic N) is 1. The Morgan fingerprint density at radius 2 is 1.72 bits per heavy atom. The number of aliphatic hydroxyl groups excluding tert-OH is 1. The summed E-state index contributed by atoms with van der Waals surface area (Å²) in [5.74, 6) is -2.23. The third kappa shape index (κ3) is 9.43. The molecule has 0 fully saturated rings. The van der Waals surface area contributed by atoms with Crippen LogP contribution in [0.1, 0.15) is 40.2 Å². The van der Waals surface area contributed by atoms with Gasteiger partial charge in [-0.3, -0.25) is 0 Å². The quantitative estimate of drug-likeness (QED) is 0.582. The number of hydrogen-bond donors (Lipinski definition) is 2. The van der Waals surface area contributed by atoms with Crippen LogP contribution in [0.25, 0.3) is 0 Å². The molecule has 0 saturated heterocycles. The van der Waals surface area contributed by atoms with Crippen LogP contribution in [-0.2, 0) is 20.7 Å². The maximum Gasteiger partial charge on any atom is 0.337 e. The highest BCUT2D eigenvalue weighted by molar-refractivity contribution is 5.82. The van der Waals surface area contributed by atoms with E-state index in [0.717, 1.165) is 5.56 Å². The summed E-state index contributed by atoms with van der Waals surface area (Å²) in [6.45, 7) is 8.64. The lowest BCUT2D eigenvalue weighted by Gasteiger charge is -2.30. The molecule has 0 radical (unpaired) electrons. The minimum atomic E-state index is -1.55. The van der Waals surface area contributed by atoms with Crippen LogP contribution >= 0.6 is 0 Å². The molecule has 0 saturated carbocycles. The van der Waals surface area contributed by atoms with E-state index in [1.165, 1.54) is 4.90 Å². The van der Waals surface area contributed by atoms with Crippen molar-refractivity contribution < 1.29 is 29.3 Å². The van der Waals surface area contributed by atoms with Gasteiger partial charge < -0.3 is 30.0 Å². The van der Waals surface area contributed by atoms with E-state index >= 15 is 0 Å². The highest BCUT2D eigenvalue weighted by Gasteiger charge is 2.28. The number of rotatable bonds is 9. The first-order valence-corrected chi connectivity index (χ1v) is 9.60. The number of amides is 2. The molecule has 1 unspecified atom stereocenters. The first-order chi connectivity index (χ1) is 13.4. The molecule has 1 aromatic carbocycles. The monoisotopic (exact) mass is 407 g/mol. The molecule has 2 N–H and O–H groups in total. The molecule has 8 heteroatoms. The summed E-state index contributed by atoms with van der Waals surface area (Å²) in [5.41, 5.74) is -0.0509. The van der Waals surface area contributed by atoms with Crippen LogP contribution < -0.4 is 10.4 Å². The number of hydrogen-bond acceptors (Lipinski definition) is 6. The van der Waals surface area contributed by atoms with Crippen LogP contribution in [0.5, 0.6) is 0 Å². The molecular weight excluding hydrogens is 376 g/mol. The van der Waals surface area contributed by atoms with Crippen molar-refractivity contribution in [3.63, 3.8) is 0 Å². The second-order valence-electron chi connectivity index (χ2n) is 8.36. The summed E-state index contributed by atoms with van der Waals surface area (Å²) in [6.07, 6.45) is -1.49. The molecular formula is C21H31N2O6-. The minimum Gasteiger partial charge on any atom is -0.548 e. The highest BCUT2D eigenvalue weighted by Crippen LogP contribution is 2.10. The van der Waals surface area contributed by atoms with Crippen molar-refractivity contribution in [2.24, 2.45) is 5.92 Å². The smallest absolute Gasteiger partial charge is 0.337 e. The topological polar surface area (TPSA) is 119 Å². The van der Waals surface area contributed by atoms with Crippen LogP contribution in [-0.4, -0.2) is 58.8 Å². The molecule has 162 valence electrons. The van der Waals surface area contributed by atoms with Gasteiger partial charge in [0.15, 0.2) is 6.10 Å². The summed E-state index contributed by atoms with van der Waals surface area (Å²) in [5, 5.41) is 24.1. The number of benzene rings is 1. The Hall–Kier alpha value is -2.61. The number of ether oxygens (including phenoxy) is 1. The van der Waals surface area contributed by atoms with Crippen molar-refractivity contribution in [2.45, 2.75) is 58.8 Å². The van der Waals surface area contributed by atoms with Crippen molar-refractivity contribution in [1.82, 2.24) is 10.2 Å². The summed E-state index contributed by atoms with van der Waals surface area (Å²) >= 11 is 0. The lowest BCUT2D eigenvalue weighted by molar-refractivity contribution is -0.308. The van der Waals surface area contributed by atoms with Crippen LogP contribution in [0, 0.1) is 5.92 Å². The molecule has 1 rings (SSSR count). The lowest BCUT2D eigenvalue weighted by Crippen LogP contribution is -2.55. The Labute approximate surface area is 171 Å². The van der Waals surface area contributed by atoms with Crippen molar-refractivity contribution in [1.29, 1.82) is 0 Å². The number of carboxylic acids is 1. The number of aliphatic carboxylic acids is 1. The summed E-state index contributed by atoms with van der Waals surface area (Å²) < 4.78 is 5.13. The van der Waals surface area contributed by atoms with Gasteiger partial charge in [-0.15, -0.1) is 0 Å². The summed E-state index contributed by atoms with van der Waals surface area (Å²) in [4.78, 5) is 37.4. The van der Waals surface area contributed by atoms with Gasteiger partial charge >= 0.3 is 12.0 Å². The van der Waals surface area contributed by atoms with E-state index in [9.17, 15) is 24.6 Å². The SMILES string of the molecule is CC(C)CN(CC(O)C(=O)OC(C)(C)C)C(=O)N[C@@H](Cc1ccccc1)C(=O)[O-]. The van der Waals surface area contributed by atoms with E-state index in [-0.39, 0.29) is 25.4 Å². The average molecular weight is 407 g/mol. The summed E-state index contributed by atoms with van der Waals surface area (Å²) in [6, 6.07) is 6.89. The number of carboxylic acid groups (broad SMARTS) is 1. The van der Waals surface area contributed by atoms with Gasteiger partial charge in [-0.25, -0.2) is 9.59 Å². The van der Waals surface area contributed by atoms with Gasteiger partial charge in [0.05, 0.1) is 18.6 Å². The van der Waals surface area contributed by atoms with Crippen molar-refractivity contribution in [2.75, 3.05) is 13.1 Å². The molecule has 2 amide bonds. The fraction of sp³-hybridized carbons (Fsp3) is 0.571. The van der Waals surface area contributed by atoms with E-state index in [0.29, 0.717) is 0 Å². The van der Waals surface area contributed by atoms with Crippen LogP contribution in [0.2, 0.25) is 0 Å². The maximum absolute atomic E-state index is 12.7. The zero-order valence-electron chi connectivity index (χ0n) is 17.7. The Balaban J connectivity index is 2.85. The van der Waals surface area contributed by atoms with Crippen LogP contribution in [0.15, 0.2) is 30.3 Å². The fourth-order valence-corrected chi connectivity index (χ4v) is 2.62. The normalized spacial score (nSPS) is 13.5. The Morgan fingerprint density at radius 1 is 1.14 bits per heavy atom. The number of carbonyl (C=O) groups excluding carboxylic acids is 3. The second-order valence-corrected chi connectivity index (χ2v) is 8.36. The molecule has 1 aromatic rings. The van der Waals surface area contributed by atoms with Gasteiger partial charge in [-0.1, -0.05) is 44.2 Å². The van der Waals surface area contributed by atoms with Crippen molar-refractivity contribution >= 4 is 18.0 Å². The van der Waals surface area contributed by atoms with Gasteiger partial charge in [0.25, 0.3) is 0 Å². The van der Waals surface area contributed by atoms with E-state index in [4.69, 9.17) is 4.74 Å². The van der Waals surface area contributed by atoms with Gasteiger partial charge in [-0.05, 0) is 38.7 Å². The predicted molar refractivity (Wildman–Crippen MR) is 106 cm³/mol. The van der Waals surface area contributed by atoms with Crippen LogP contribution in [0.4, 0.5) is 4.79 Å². The van der Waals surface area contributed by atoms with Crippen molar-refractivity contribution in [3.05, 3.63) is 35.9 Å². The van der Waals surface area contributed by atoms with Crippen LogP contribution in [0.3, 0.4) is 0 Å². The van der Waals surface area contributed by atoms with Gasteiger partial charge in [0, 0.05) is 6.54 Å². The molecule has 8 nitrogen and oxygen atoms in total. The molecule has 0 aliphatic carbocycles. The zero-order valence-corrected chi connectivity index (χ0v) is 17.7. The molecule has 0 aliphatic rings. The predicted octanol–water partition coefficient (Wildman–Crippen LogP) is 0.718. The number of esters is 1. The van der Waals surface area contributed by atoms with Gasteiger partial charge in [-0.2, -0.15) is 0 Å². The van der Waals surface area contributed by atoms with Crippen molar-refractivity contribution in [3.8, 4) is 0 Å². The molecule has 0 heterocycles. The van der Waals surface area contributed by atoms with E-state index in [1.807, 2.05) is 13.8 Å². The molecule has 0 aromatic heterocycles. The molecule has 0 aliphatic heterocycles. The average Bonchev–Trinajstić information content (AvgIpc) is 2.59. The molecule has 2 atom stereocenters. The zero-order chi connectivity index (χ0) is 22.2. The number of aliphatic hydroxyl groups is 1. The number of carbonyl (C=O) groups is 3. The molecule has 29 heavy (non-hydrogen) atoms. The number of urea groups is 1. The van der Waals surface area contributed by atoms with E-state index < -0.39 is 35.7 Å². The largest absolute Gasteiger partial charge is 0.548 e. The minimum absolute atomic E-state index is 0.0297. The second kappa shape index (κ2) is 10.8. The van der Waals surface area contributed by atoms with E-state index in [2.05, 4.69) is 5.32 Å². The third-order valence-electron chi connectivity index (χ3n) is 3.81. The first kappa shape index (κ1) is 24.4. The Bertz CT molecular complexity index is 684. The third-order valence-corrected chi connectivity index (χ3v) is 3.81. The fourth-order valence-electron chi connectivity index (χ4n) is 2.62. The first-order valence-electron chi connectivity index (χ1n) is 9.60. The lowest BCUT2D eigenvalue weighted by atomic mass is 10.1. The molecule has 0 spiro atoms. The Morgan fingerprint density at radius 3 is 2.21 bits per heavy atom. The maximum atomic E-state index is 12.7. The Kier molecular flexibility index (Phi) is 9.10. The summed E-state index contributed by atoms with van der Waals surface area (Å²) in [7, 11) is 0. The highest BCUT2D eigenvalue weighted by atomic mass is 16.6. The molecule has 0 bridgehead atoms. The van der Waals surface area contributed by atoms with Gasteiger partial charge in [0.1, 0.15) is 5.60 Å². The van der Waals surface area contributed by atoms with Gasteiger partial charge in [0.2, 0.25) is 0 Å². The van der Waals surface area contributed by atoms with E-state index in [1.54, 1.807) is 51.1 Å². The standard InChI is InChI=1S/C21H32N2O6/c1-14(2)12-23(13-17(24)19(27)29-21(3,4)5)20(28)22-16(18(25)26)11-15-9-7-6-8-10-15/h6-10,14,16-17,24H,11-13H2,1-5H3,(H,22,28)(H,25,26)/p-1/t16-,17?/m0/s1. The number of nitrogens with one attached hydrogen (secondary N) is 1.